The number of hydrogen-bond donors (Lipinski definition) is 2. The highest BCUT2D eigenvalue weighted by Gasteiger charge is 2.22. The Morgan fingerprint density at radius 3 is 2.86 bits per heavy atom. The minimum atomic E-state index is -0.724. The van der Waals surface area contributed by atoms with Gasteiger partial charge in [-0.1, -0.05) is 12.1 Å². The number of rotatable bonds is 9. The molecule has 188 valence electrons. The maximum Gasteiger partial charge on any atom is 0.326 e. The van der Waals surface area contributed by atoms with Gasteiger partial charge in [-0.05, 0) is 30.7 Å². The minimum Gasteiger partial charge on any atom is -0.600 e. The lowest BCUT2D eigenvalue weighted by Crippen LogP contribution is -2.62. The van der Waals surface area contributed by atoms with E-state index in [1.54, 1.807) is 6.33 Å². The van der Waals surface area contributed by atoms with Crippen LogP contribution in [0, 0.1) is 0 Å². The zero-order valence-corrected chi connectivity index (χ0v) is 19.5. The number of benzene rings is 1. The summed E-state index contributed by atoms with van der Waals surface area (Å²) in [5, 5.41) is 21.2. The number of nitrogens with one attached hydrogen (secondary N) is 1. The van der Waals surface area contributed by atoms with Crippen molar-refractivity contribution in [2.24, 2.45) is 4.99 Å². The van der Waals surface area contributed by atoms with Gasteiger partial charge in [0.2, 0.25) is 5.27 Å². The standard InChI is InChI=1S/C22H26N10O4/c23-20-19-21(26-14-25-20)30(15-27-19)7-6-24-17-3-1-16(2-4-17)5-10-35-22(33)28-18-13-32(29-36-18)31-8-11-34-12-9-31/h1-4,13-15,24H,5-12H2,(H2-,23,25,26,28,29,33). The lowest BCUT2D eigenvalue weighted by Gasteiger charge is -2.18. The second-order valence-electron chi connectivity index (χ2n) is 8.00. The summed E-state index contributed by atoms with van der Waals surface area (Å²) in [6.07, 6.45) is 4.52. The smallest absolute Gasteiger partial charge is 0.326 e. The van der Waals surface area contributed by atoms with Crippen LogP contribution in [-0.4, -0.2) is 70.3 Å². The first-order valence-electron chi connectivity index (χ1n) is 11.5. The van der Waals surface area contributed by atoms with Gasteiger partial charge in [0.05, 0.1) is 37.4 Å². The molecule has 0 saturated carbocycles. The van der Waals surface area contributed by atoms with Gasteiger partial charge in [-0.25, -0.2) is 15.0 Å². The zero-order valence-electron chi connectivity index (χ0n) is 19.5. The van der Waals surface area contributed by atoms with Crippen LogP contribution in [-0.2, 0) is 22.4 Å². The van der Waals surface area contributed by atoms with Crippen LogP contribution in [0.2, 0.25) is 0 Å². The van der Waals surface area contributed by atoms with E-state index in [4.69, 9.17) is 19.7 Å². The van der Waals surface area contributed by atoms with E-state index in [0.29, 0.717) is 62.8 Å². The fourth-order valence-electron chi connectivity index (χ4n) is 3.72. The molecule has 0 aliphatic carbocycles. The highest BCUT2D eigenvalue weighted by atomic mass is 16.6. The molecule has 3 N–H and O–H groups in total. The predicted molar refractivity (Wildman–Crippen MR) is 127 cm³/mol. The summed E-state index contributed by atoms with van der Waals surface area (Å²) in [5.41, 5.74) is 9.15. The highest BCUT2D eigenvalue weighted by Crippen LogP contribution is 2.15. The molecular formula is C22H26N10O4. The third-order valence-electron chi connectivity index (χ3n) is 5.60. The number of ether oxygens (including phenoxy) is 2. The number of aromatic nitrogens is 6. The van der Waals surface area contributed by atoms with Crippen molar-refractivity contribution in [2.75, 3.05) is 55.5 Å². The van der Waals surface area contributed by atoms with Gasteiger partial charge in [0.25, 0.3) is 6.20 Å². The average Bonchev–Trinajstić information content (AvgIpc) is 3.54. The van der Waals surface area contributed by atoms with Gasteiger partial charge in [-0.15, -0.1) is 5.01 Å². The first-order chi connectivity index (χ1) is 17.7. The van der Waals surface area contributed by atoms with Crippen molar-refractivity contribution in [2.45, 2.75) is 13.0 Å². The van der Waals surface area contributed by atoms with E-state index < -0.39 is 6.08 Å². The third kappa shape index (κ3) is 5.60. The molecular weight excluding hydrogens is 468 g/mol. The fraction of sp³-hybridized carbons (Fsp3) is 0.364. The number of nitrogen functional groups attached to an aromatic ring is 1. The second kappa shape index (κ2) is 10.9. The van der Waals surface area contributed by atoms with Gasteiger partial charge in [0.15, 0.2) is 17.5 Å². The second-order valence-corrected chi connectivity index (χ2v) is 8.00. The topological polar surface area (TPSA) is 169 Å². The van der Waals surface area contributed by atoms with Crippen molar-refractivity contribution >= 4 is 34.6 Å². The average molecular weight is 495 g/mol. The van der Waals surface area contributed by atoms with Crippen LogP contribution in [0.3, 0.4) is 0 Å². The maximum atomic E-state index is 12.0. The van der Waals surface area contributed by atoms with Crippen LogP contribution in [0.4, 0.5) is 17.4 Å². The van der Waals surface area contributed by atoms with Crippen LogP contribution in [0.5, 0.6) is 0 Å². The van der Waals surface area contributed by atoms with Gasteiger partial charge in [0, 0.05) is 18.8 Å². The molecule has 3 aromatic heterocycles. The molecule has 14 nitrogen and oxygen atoms in total. The van der Waals surface area contributed by atoms with Crippen LogP contribution in [0.1, 0.15) is 5.56 Å². The molecule has 1 aliphatic rings. The monoisotopic (exact) mass is 494 g/mol. The van der Waals surface area contributed by atoms with Gasteiger partial charge >= 0.3 is 5.88 Å². The van der Waals surface area contributed by atoms with Crippen molar-refractivity contribution < 1.29 is 23.9 Å². The number of morpholine rings is 1. The lowest BCUT2D eigenvalue weighted by molar-refractivity contribution is -0.759. The summed E-state index contributed by atoms with van der Waals surface area (Å²) in [5.74, 6) is 0.457. The molecule has 0 atom stereocenters. The third-order valence-corrected chi connectivity index (χ3v) is 5.60. The first kappa shape index (κ1) is 23.3. The number of nitrogens with zero attached hydrogens (tertiary/aromatic N) is 8. The van der Waals surface area contributed by atoms with Gasteiger partial charge in [-0.2, -0.15) is 4.99 Å². The van der Waals surface area contributed by atoms with Crippen molar-refractivity contribution in [3.8, 4) is 0 Å². The molecule has 14 heteroatoms. The number of nitrogens with two attached hydrogens (primary N) is 1. The predicted octanol–water partition coefficient (Wildman–Crippen LogP) is -0.629. The van der Waals surface area contributed by atoms with E-state index >= 15 is 0 Å². The van der Waals surface area contributed by atoms with Crippen LogP contribution < -0.4 is 26.0 Å². The van der Waals surface area contributed by atoms with Gasteiger partial charge < -0.3 is 30.2 Å². The SMILES string of the molecule is Nc1ncnc2c1ncn2CCNc1ccc(CCO/C([O-])=N/c2c[n+](N3CCOCC3)no2)cc1. The molecule has 36 heavy (non-hydrogen) atoms. The van der Waals surface area contributed by atoms with Crippen LogP contribution >= 0.6 is 0 Å². The Hall–Kier alpha value is -4.46. The molecule has 0 spiro atoms. The maximum absolute atomic E-state index is 12.0. The Labute approximate surface area is 205 Å². The van der Waals surface area contributed by atoms with Crippen LogP contribution in [0.25, 0.3) is 11.2 Å². The summed E-state index contributed by atoms with van der Waals surface area (Å²) >= 11 is 0. The molecule has 4 heterocycles. The Bertz CT molecular complexity index is 1310. The summed E-state index contributed by atoms with van der Waals surface area (Å²) < 4.78 is 17.5. The highest BCUT2D eigenvalue weighted by molar-refractivity contribution is 5.81. The fourth-order valence-corrected chi connectivity index (χ4v) is 3.72. The molecule has 1 fully saturated rings. The Morgan fingerprint density at radius 1 is 1.19 bits per heavy atom. The van der Waals surface area contributed by atoms with Crippen molar-refractivity contribution in [1.82, 2.24) is 24.8 Å². The van der Waals surface area contributed by atoms with Crippen molar-refractivity contribution in [3.05, 3.63) is 48.7 Å². The van der Waals surface area contributed by atoms with E-state index in [0.717, 1.165) is 11.3 Å². The number of imidazole rings is 1. The minimum absolute atomic E-state index is 0.0847. The van der Waals surface area contributed by atoms with Crippen molar-refractivity contribution in [3.63, 3.8) is 0 Å². The molecule has 1 saturated heterocycles. The van der Waals surface area contributed by atoms with Crippen molar-refractivity contribution in [1.29, 1.82) is 0 Å². The molecule has 0 amide bonds. The summed E-state index contributed by atoms with van der Waals surface area (Å²) in [4.78, 5) is 17.8. The molecule has 4 aromatic rings. The molecule has 1 aliphatic heterocycles. The van der Waals surface area contributed by atoms with E-state index in [1.165, 1.54) is 17.3 Å². The number of hydrogen-bond acceptors (Lipinski definition) is 12. The molecule has 0 unspecified atom stereocenters. The normalized spacial score (nSPS) is 14.3. The van der Waals surface area contributed by atoms with E-state index in [2.05, 4.69) is 30.5 Å². The Morgan fingerprint density at radius 2 is 2.03 bits per heavy atom. The number of anilines is 2. The molecule has 0 radical (unpaired) electrons. The first-order valence-corrected chi connectivity index (χ1v) is 11.5. The molecule has 1 aromatic carbocycles. The quantitative estimate of drug-likeness (QED) is 0.173. The number of aliphatic imine (C=N–C) groups is 1. The summed E-state index contributed by atoms with van der Waals surface area (Å²) in [6.45, 7) is 4.14. The zero-order chi connectivity index (χ0) is 24.7. The molecule has 0 bridgehead atoms. The van der Waals surface area contributed by atoms with Gasteiger partial charge in [-0.3, -0.25) is 4.52 Å². The molecule has 5 rings (SSSR count). The Kier molecular flexibility index (Phi) is 7.02. The summed E-state index contributed by atoms with van der Waals surface area (Å²) in [7, 11) is 0. The van der Waals surface area contributed by atoms with Crippen LogP contribution in [0.15, 0.2) is 52.6 Å². The van der Waals surface area contributed by atoms with E-state index in [-0.39, 0.29) is 12.5 Å². The number of fused-ring (bicyclic) bond motifs is 1. The largest absolute Gasteiger partial charge is 0.600 e. The lowest BCUT2D eigenvalue weighted by atomic mass is 10.1. The Balaban J connectivity index is 1.05. The van der Waals surface area contributed by atoms with E-state index in [9.17, 15) is 5.11 Å². The summed E-state index contributed by atoms with van der Waals surface area (Å²) in [6, 6.07) is 7.92. The van der Waals surface area contributed by atoms with Gasteiger partial charge in [0.1, 0.15) is 11.8 Å². The van der Waals surface area contributed by atoms with E-state index in [1.807, 2.05) is 33.8 Å².